The summed E-state index contributed by atoms with van der Waals surface area (Å²) in [6.45, 7) is 2.55. The minimum atomic E-state index is -0.283. The fourth-order valence-electron chi connectivity index (χ4n) is 5.55. The summed E-state index contributed by atoms with van der Waals surface area (Å²) in [5.74, 6) is 1.88. The van der Waals surface area contributed by atoms with Gasteiger partial charge in [-0.2, -0.15) is 0 Å². The van der Waals surface area contributed by atoms with E-state index < -0.39 is 0 Å². The number of para-hydroxylation sites is 1. The van der Waals surface area contributed by atoms with E-state index >= 15 is 0 Å². The van der Waals surface area contributed by atoms with Gasteiger partial charge in [0.05, 0.1) is 18.3 Å². The Morgan fingerprint density at radius 1 is 0.923 bits per heavy atom. The smallest absolute Gasteiger partial charge is 0.161 e. The normalized spacial score (nSPS) is 19.4. The van der Waals surface area contributed by atoms with Gasteiger partial charge in [0, 0.05) is 23.4 Å². The van der Waals surface area contributed by atoms with Crippen molar-refractivity contribution in [1.29, 1.82) is 0 Å². The topological polar surface area (TPSA) is 42.8 Å². The first kappa shape index (κ1) is 24.9. The number of benzene rings is 4. The number of hydrogen-bond donors (Lipinski definition) is 1. The van der Waals surface area contributed by atoms with Crippen molar-refractivity contribution < 1.29 is 13.9 Å². The third kappa shape index (κ3) is 5.30. The summed E-state index contributed by atoms with van der Waals surface area (Å²) in [5, 5.41) is 3.78. The molecule has 0 spiro atoms. The number of fused-ring (bicyclic) bond motifs is 3. The first-order valence-corrected chi connectivity index (χ1v) is 13.5. The van der Waals surface area contributed by atoms with Gasteiger partial charge in [0.2, 0.25) is 0 Å². The van der Waals surface area contributed by atoms with Gasteiger partial charge in [0.15, 0.2) is 11.5 Å². The van der Waals surface area contributed by atoms with Gasteiger partial charge >= 0.3 is 0 Å². The second kappa shape index (κ2) is 11.2. The molecule has 4 nitrogen and oxygen atoms in total. The molecule has 1 N–H and O–H groups in total. The molecule has 0 amide bonds. The van der Waals surface area contributed by atoms with Gasteiger partial charge in [0.25, 0.3) is 0 Å². The molecule has 4 aromatic carbocycles. The molecule has 0 saturated heterocycles. The molecule has 1 heterocycles. The maximum atomic E-state index is 14.0. The first-order chi connectivity index (χ1) is 19.2. The van der Waals surface area contributed by atoms with Crippen LogP contribution < -0.4 is 14.8 Å². The fourth-order valence-corrected chi connectivity index (χ4v) is 5.55. The highest BCUT2D eigenvalue weighted by Gasteiger charge is 2.37. The van der Waals surface area contributed by atoms with Gasteiger partial charge in [-0.15, -0.1) is 0 Å². The first-order valence-electron chi connectivity index (χ1n) is 13.5. The zero-order chi connectivity index (χ0) is 26.6. The van der Waals surface area contributed by atoms with E-state index in [9.17, 15) is 4.39 Å². The molecule has 39 heavy (non-hydrogen) atoms. The second-order valence-corrected chi connectivity index (χ2v) is 9.93. The van der Waals surface area contributed by atoms with Gasteiger partial charge in [0.1, 0.15) is 12.4 Å². The number of allylic oxidation sites excluding steroid dienone is 2. The van der Waals surface area contributed by atoms with Crippen molar-refractivity contribution in [2.24, 2.45) is 10.9 Å². The summed E-state index contributed by atoms with van der Waals surface area (Å²) in [6.07, 6.45) is 7.59. The zero-order valence-electron chi connectivity index (χ0n) is 21.9. The maximum absolute atomic E-state index is 14.0. The monoisotopic (exact) mass is 518 g/mol. The average molecular weight is 519 g/mol. The molecule has 0 bridgehead atoms. The highest BCUT2D eigenvalue weighted by atomic mass is 19.1. The molecule has 5 heteroatoms. The summed E-state index contributed by atoms with van der Waals surface area (Å²) in [7, 11) is 0. The largest absolute Gasteiger partial charge is 0.490 e. The number of aliphatic imine (C=N–C) groups is 1. The molecule has 0 aromatic heterocycles. The van der Waals surface area contributed by atoms with Crippen LogP contribution in [-0.4, -0.2) is 12.8 Å². The van der Waals surface area contributed by atoms with Crippen LogP contribution in [0.15, 0.2) is 108 Å². The van der Waals surface area contributed by atoms with E-state index in [-0.39, 0.29) is 18.5 Å². The minimum Gasteiger partial charge on any atom is -0.490 e. The molecule has 0 fully saturated rings. The van der Waals surface area contributed by atoms with Crippen molar-refractivity contribution in [3.8, 4) is 11.5 Å². The lowest BCUT2D eigenvalue weighted by atomic mass is 9.77. The lowest BCUT2D eigenvalue weighted by Gasteiger charge is -2.37. The summed E-state index contributed by atoms with van der Waals surface area (Å²) in [4.78, 5) is 4.70. The van der Waals surface area contributed by atoms with Crippen LogP contribution in [0.25, 0.3) is 0 Å². The molecule has 0 saturated carbocycles. The molecular weight excluding hydrogens is 487 g/mol. The van der Waals surface area contributed by atoms with Gasteiger partial charge < -0.3 is 14.8 Å². The van der Waals surface area contributed by atoms with E-state index in [4.69, 9.17) is 14.5 Å². The summed E-state index contributed by atoms with van der Waals surface area (Å²) in [5.41, 5.74) is 6.17. The van der Waals surface area contributed by atoms with Gasteiger partial charge in [-0.25, -0.2) is 4.39 Å². The summed E-state index contributed by atoms with van der Waals surface area (Å²) in [6, 6.07) is 29.7. The Bertz CT molecular complexity index is 1510. The van der Waals surface area contributed by atoms with E-state index in [1.54, 1.807) is 18.2 Å². The lowest BCUT2D eigenvalue weighted by molar-refractivity contribution is 0.266. The van der Waals surface area contributed by atoms with Crippen LogP contribution in [-0.2, 0) is 6.61 Å². The van der Waals surface area contributed by atoms with Crippen LogP contribution in [0.3, 0.4) is 0 Å². The number of nitrogens with zero attached hydrogens (tertiary/aromatic N) is 1. The number of rotatable bonds is 8. The van der Waals surface area contributed by atoms with Crippen molar-refractivity contribution in [2.45, 2.75) is 31.9 Å². The van der Waals surface area contributed by atoms with E-state index in [1.165, 1.54) is 22.9 Å². The van der Waals surface area contributed by atoms with Crippen molar-refractivity contribution in [1.82, 2.24) is 0 Å². The van der Waals surface area contributed by atoms with Crippen LogP contribution in [0, 0.1) is 11.7 Å². The molecule has 6 rings (SSSR count). The predicted octanol–water partition coefficient (Wildman–Crippen LogP) is 8.38. The quantitative estimate of drug-likeness (QED) is 0.188. The van der Waals surface area contributed by atoms with Crippen molar-refractivity contribution in [2.75, 3.05) is 11.9 Å². The molecule has 1 aliphatic heterocycles. The Morgan fingerprint density at radius 2 is 1.74 bits per heavy atom. The molecule has 0 unspecified atom stereocenters. The number of anilines is 1. The van der Waals surface area contributed by atoms with Crippen molar-refractivity contribution in [3.63, 3.8) is 0 Å². The molecule has 2 aliphatic rings. The fraction of sp³-hybridized carbons (Fsp3) is 0.206. The minimum absolute atomic E-state index is 0.131. The van der Waals surface area contributed by atoms with E-state index in [0.717, 1.165) is 17.7 Å². The highest BCUT2D eigenvalue weighted by Crippen LogP contribution is 2.49. The molecule has 1 aliphatic carbocycles. The Balaban J connectivity index is 1.15. The number of nitrogens with one attached hydrogen (secondary N) is 1. The lowest BCUT2D eigenvalue weighted by Crippen LogP contribution is -2.28. The Hall–Kier alpha value is -4.38. The molecular formula is C34H31FN2O2. The summed E-state index contributed by atoms with van der Waals surface area (Å²) >= 11 is 0. The van der Waals surface area contributed by atoms with Crippen molar-refractivity contribution >= 4 is 17.6 Å². The van der Waals surface area contributed by atoms with Gasteiger partial charge in [-0.1, -0.05) is 60.7 Å². The predicted molar refractivity (Wildman–Crippen MR) is 155 cm³/mol. The van der Waals surface area contributed by atoms with E-state index in [2.05, 4.69) is 66.0 Å². The van der Waals surface area contributed by atoms with Gasteiger partial charge in [-0.05, 0) is 78.4 Å². The van der Waals surface area contributed by atoms with E-state index in [1.807, 2.05) is 31.3 Å². The highest BCUT2D eigenvalue weighted by molar-refractivity contribution is 5.83. The van der Waals surface area contributed by atoms with Crippen LogP contribution in [0.4, 0.5) is 15.8 Å². The Kier molecular flexibility index (Phi) is 7.13. The standard InChI is InChI=1S/C34H31FN2O2/c1-2-38-33-20-23(14-19-32(33)39-22-25-8-3-5-12-30(25)35)21-36-26-17-15-24(16-18-26)34-29-11-7-10-27(29)28-9-4-6-13-31(28)37-34/h3-10,12-21,27,29,34,37H,2,11,22H2,1H3/t27-,29-,34-/m0/s1. The average Bonchev–Trinajstić information content (AvgIpc) is 3.47. The summed E-state index contributed by atoms with van der Waals surface area (Å²) < 4.78 is 25.7. The second-order valence-electron chi connectivity index (χ2n) is 9.93. The Labute approximate surface area is 228 Å². The Morgan fingerprint density at radius 3 is 2.59 bits per heavy atom. The maximum Gasteiger partial charge on any atom is 0.161 e. The number of hydrogen-bond acceptors (Lipinski definition) is 4. The molecule has 196 valence electrons. The third-order valence-corrected chi connectivity index (χ3v) is 7.50. The molecule has 0 radical (unpaired) electrons. The number of halogens is 1. The van der Waals surface area contributed by atoms with Crippen LogP contribution in [0.2, 0.25) is 0 Å². The third-order valence-electron chi connectivity index (χ3n) is 7.50. The van der Waals surface area contributed by atoms with Gasteiger partial charge in [-0.3, -0.25) is 4.99 Å². The van der Waals surface area contributed by atoms with Crippen LogP contribution in [0.1, 0.15) is 47.6 Å². The van der Waals surface area contributed by atoms with Crippen LogP contribution in [0.5, 0.6) is 11.5 Å². The SMILES string of the molecule is CCOc1cc(C=Nc2ccc([C@@H]3Nc4ccccc4[C@@H]4C=CC[C@@H]43)cc2)ccc1OCc1ccccc1F. The van der Waals surface area contributed by atoms with Crippen LogP contribution >= 0.6 is 0 Å². The number of ether oxygens (including phenoxy) is 2. The van der Waals surface area contributed by atoms with Crippen molar-refractivity contribution in [3.05, 3.63) is 131 Å². The van der Waals surface area contributed by atoms with E-state index in [0.29, 0.717) is 35.5 Å². The molecule has 4 aromatic rings. The molecule has 3 atom stereocenters. The zero-order valence-corrected chi connectivity index (χ0v) is 21.9.